The van der Waals surface area contributed by atoms with Gasteiger partial charge in [-0.3, -0.25) is 0 Å². The summed E-state index contributed by atoms with van der Waals surface area (Å²) >= 11 is 0. The maximum absolute atomic E-state index is 3.46. The molecule has 1 rings (SSSR count). The van der Waals surface area contributed by atoms with Crippen molar-refractivity contribution >= 4 is 0 Å². The minimum Gasteiger partial charge on any atom is -0.313 e. The Bertz CT molecular complexity index is 93.4. The highest BCUT2D eigenvalue weighted by molar-refractivity contribution is 4.84. The van der Waals surface area contributed by atoms with Crippen molar-refractivity contribution < 1.29 is 0 Å². The zero-order valence-electron chi connectivity index (χ0n) is 7.22. The number of rotatable bonds is 2. The molecule has 0 aromatic heterocycles. The van der Waals surface area contributed by atoms with Crippen LogP contribution in [0.15, 0.2) is 0 Å². The molecule has 0 amide bonds. The fourth-order valence-corrected chi connectivity index (χ4v) is 1.63. The second kappa shape index (κ2) is 3.35. The lowest BCUT2D eigenvalue weighted by Crippen LogP contribution is -2.31. The highest BCUT2D eigenvalue weighted by atomic mass is 15.2. The minimum atomic E-state index is 0.741. The van der Waals surface area contributed by atoms with Gasteiger partial charge in [-0.25, -0.2) is 0 Å². The average Bonchev–Trinajstić information content (AvgIpc) is 2.14. The first-order chi connectivity index (χ1) is 4.74. The van der Waals surface area contributed by atoms with E-state index < -0.39 is 0 Å². The first-order valence-corrected chi connectivity index (χ1v) is 4.17. The molecule has 2 heteroatoms. The van der Waals surface area contributed by atoms with Crippen molar-refractivity contribution in [3.63, 3.8) is 0 Å². The maximum Gasteiger partial charge on any atom is 0.0209 e. The summed E-state index contributed by atoms with van der Waals surface area (Å²) < 4.78 is 0. The first-order valence-electron chi connectivity index (χ1n) is 4.17. The molecule has 0 aliphatic carbocycles. The predicted octanol–water partition coefficient (Wildman–Crippen LogP) is 0.689. The van der Waals surface area contributed by atoms with Crippen LogP contribution in [0, 0.1) is 0 Å². The quantitative estimate of drug-likeness (QED) is 0.610. The number of likely N-dealkylation sites (N-methyl/N-ethyl adjacent to an activating group) is 2. The molecule has 1 aliphatic heterocycles. The zero-order chi connectivity index (χ0) is 7.56. The molecule has 2 atom stereocenters. The summed E-state index contributed by atoms with van der Waals surface area (Å²) in [5.41, 5.74) is 0. The Balaban J connectivity index is 2.27. The standard InChI is InChI=1S/C8H18N2/c1-4-9-8-5-7(2)10(3)6-8/h7-9H,4-6H2,1-3H3. The zero-order valence-corrected chi connectivity index (χ0v) is 7.22. The van der Waals surface area contributed by atoms with E-state index in [1.165, 1.54) is 13.0 Å². The van der Waals surface area contributed by atoms with Crippen molar-refractivity contribution in [1.82, 2.24) is 10.2 Å². The van der Waals surface area contributed by atoms with Gasteiger partial charge in [0.15, 0.2) is 0 Å². The van der Waals surface area contributed by atoms with Crippen LogP contribution in [-0.2, 0) is 0 Å². The minimum absolute atomic E-state index is 0.741. The lowest BCUT2D eigenvalue weighted by atomic mass is 10.2. The average molecular weight is 142 g/mol. The summed E-state index contributed by atoms with van der Waals surface area (Å²) in [5.74, 6) is 0. The van der Waals surface area contributed by atoms with E-state index in [-0.39, 0.29) is 0 Å². The van der Waals surface area contributed by atoms with E-state index in [1.807, 2.05) is 0 Å². The molecule has 0 bridgehead atoms. The largest absolute Gasteiger partial charge is 0.313 e. The van der Waals surface area contributed by atoms with Gasteiger partial charge in [-0.1, -0.05) is 6.92 Å². The monoisotopic (exact) mass is 142 g/mol. The summed E-state index contributed by atoms with van der Waals surface area (Å²) in [5, 5.41) is 3.46. The van der Waals surface area contributed by atoms with Crippen LogP contribution in [0.25, 0.3) is 0 Å². The van der Waals surface area contributed by atoms with Crippen LogP contribution < -0.4 is 5.32 Å². The van der Waals surface area contributed by atoms with Gasteiger partial charge in [-0.15, -0.1) is 0 Å². The number of likely N-dealkylation sites (tertiary alicyclic amines) is 1. The third kappa shape index (κ3) is 1.70. The molecular weight excluding hydrogens is 124 g/mol. The molecule has 60 valence electrons. The van der Waals surface area contributed by atoms with Crippen LogP contribution in [-0.4, -0.2) is 37.1 Å². The van der Waals surface area contributed by atoms with E-state index >= 15 is 0 Å². The third-order valence-corrected chi connectivity index (χ3v) is 2.38. The molecule has 2 unspecified atom stereocenters. The van der Waals surface area contributed by atoms with Gasteiger partial charge < -0.3 is 10.2 Å². The Hall–Kier alpha value is -0.0800. The van der Waals surface area contributed by atoms with Crippen molar-refractivity contribution in [3.8, 4) is 0 Å². The van der Waals surface area contributed by atoms with E-state index in [4.69, 9.17) is 0 Å². The van der Waals surface area contributed by atoms with Gasteiger partial charge in [-0.05, 0) is 26.9 Å². The summed E-state index contributed by atoms with van der Waals surface area (Å²) in [6.07, 6.45) is 1.31. The Morgan fingerprint density at radius 1 is 1.60 bits per heavy atom. The number of nitrogens with zero attached hydrogens (tertiary/aromatic N) is 1. The van der Waals surface area contributed by atoms with Gasteiger partial charge in [0.05, 0.1) is 0 Å². The predicted molar refractivity (Wildman–Crippen MR) is 44.2 cm³/mol. The topological polar surface area (TPSA) is 15.3 Å². The van der Waals surface area contributed by atoms with E-state index in [2.05, 4.69) is 31.1 Å². The molecule has 1 saturated heterocycles. The lowest BCUT2D eigenvalue weighted by molar-refractivity contribution is 0.327. The summed E-state index contributed by atoms with van der Waals surface area (Å²) in [6.45, 7) is 6.78. The summed E-state index contributed by atoms with van der Waals surface area (Å²) in [7, 11) is 2.20. The normalized spacial score (nSPS) is 35.1. The van der Waals surface area contributed by atoms with E-state index in [0.717, 1.165) is 18.6 Å². The lowest BCUT2D eigenvalue weighted by Gasteiger charge is -2.12. The van der Waals surface area contributed by atoms with Gasteiger partial charge in [0.25, 0.3) is 0 Å². The number of hydrogen-bond donors (Lipinski definition) is 1. The van der Waals surface area contributed by atoms with Crippen LogP contribution in [0.2, 0.25) is 0 Å². The first kappa shape index (κ1) is 8.02. The molecule has 0 saturated carbocycles. The number of hydrogen-bond acceptors (Lipinski definition) is 2. The van der Waals surface area contributed by atoms with E-state index in [0.29, 0.717) is 0 Å². The molecular formula is C8H18N2. The Kier molecular flexibility index (Phi) is 2.69. The van der Waals surface area contributed by atoms with Crippen LogP contribution in [0.1, 0.15) is 20.3 Å². The molecule has 0 aromatic rings. The van der Waals surface area contributed by atoms with Gasteiger partial charge in [0.2, 0.25) is 0 Å². The SMILES string of the molecule is CCNC1CC(C)N(C)C1. The highest BCUT2D eigenvalue weighted by Crippen LogP contribution is 2.14. The Morgan fingerprint density at radius 3 is 2.70 bits per heavy atom. The van der Waals surface area contributed by atoms with E-state index in [1.54, 1.807) is 0 Å². The summed E-state index contributed by atoms with van der Waals surface area (Å²) in [6, 6.07) is 1.51. The van der Waals surface area contributed by atoms with Crippen molar-refractivity contribution in [2.24, 2.45) is 0 Å². The fourth-order valence-electron chi connectivity index (χ4n) is 1.63. The highest BCUT2D eigenvalue weighted by Gasteiger charge is 2.24. The Morgan fingerprint density at radius 2 is 2.30 bits per heavy atom. The Labute approximate surface area is 63.6 Å². The van der Waals surface area contributed by atoms with Crippen molar-refractivity contribution in [2.75, 3.05) is 20.1 Å². The number of nitrogens with one attached hydrogen (secondary N) is 1. The van der Waals surface area contributed by atoms with Gasteiger partial charge in [0, 0.05) is 18.6 Å². The molecule has 1 N–H and O–H groups in total. The van der Waals surface area contributed by atoms with Gasteiger partial charge in [-0.2, -0.15) is 0 Å². The molecule has 0 radical (unpaired) electrons. The molecule has 1 heterocycles. The maximum atomic E-state index is 3.46. The third-order valence-electron chi connectivity index (χ3n) is 2.38. The van der Waals surface area contributed by atoms with Crippen LogP contribution in [0.3, 0.4) is 0 Å². The fraction of sp³-hybridized carbons (Fsp3) is 1.00. The van der Waals surface area contributed by atoms with Crippen LogP contribution in [0.4, 0.5) is 0 Å². The van der Waals surface area contributed by atoms with E-state index in [9.17, 15) is 0 Å². The van der Waals surface area contributed by atoms with Crippen LogP contribution in [0.5, 0.6) is 0 Å². The van der Waals surface area contributed by atoms with Crippen molar-refractivity contribution in [1.29, 1.82) is 0 Å². The summed E-state index contributed by atoms with van der Waals surface area (Å²) in [4.78, 5) is 2.41. The molecule has 2 nitrogen and oxygen atoms in total. The van der Waals surface area contributed by atoms with Gasteiger partial charge in [0.1, 0.15) is 0 Å². The molecule has 1 aliphatic rings. The molecule has 0 aromatic carbocycles. The van der Waals surface area contributed by atoms with Gasteiger partial charge >= 0.3 is 0 Å². The van der Waals surface area contributed by atoms with Crippen molar-refractivity contribution in [3.05, 3.63) is 0 Å². The smallest absolute Gasteiger partial charge is 0.0209 e. The molecule has 1 fully saturated rings. The molecule has 0 spiro atoms. The van der Waals surface area contributed by atoms with Crippen molar-refractivity contribution in [2.45, 2.75) is 32.4 Å². The van der Waals surface area contributed by atoms with Crippen LogP contribution >= 0.6 is 0 Å². The second-order valence-corrected chi connectivity index (χ2v) is 3.28. The second-order valence-electron chi connectivity index (χ2n) is 3.28. The molecule has 10 heavy (non-hydrogen) atoms.